The molecule has 1 aromatic rings. The van der Waals surface area contributed by atoms with Gasteiger partial charge in [-0.3, -0.25) is 9.78 Å². The molecule has 0 spiro atoms. The Kier molecular flexibility index (Phi) is 2.60. The van der Waals surface area contributed by atoms with Crippen LogP contribution in [0.25, 0.3) is 0 Å². The van der Waals surface area contributed by atoms with Crippen molar-refractivity contribution in [1.29, 1.82) is 0 Å². The van der Waals surface area contributed by atoms with Crippen LogP contribution in [0, 0.1) is 0 Å². The van der Waals surface area contributed by atoms with Gasteiger partial charge in [-0.1, -0.05) is 0 Å². The first-order chi connectivity index (χ1) is 5.63. The Bertz CT molecular complexity index is 305. The van der Waals surface area contributed by atoms with E-state index in [1.54, 1.807) is 17.0 Å². The van der Waals surface area contributed by atoms with Crippen molar-refractivity contribution < 1.29 is 0 Å². The van der Waals surface area contributed by atoms with Crippen LogP contribution in [0.15, 0.2) is 23.4 Å². The largest absolute Gasteiger partial charge is 0.326 e. The van der Waals surface area contributed by atoms with Crippen molar-refractivity contribution in [2.24, 2.45) is 5.73 Å². The fraction of sp³-hybridized carbons (Fsp3) is 0.500. The Balaban J connectivity index is 3.03. The van der Waals surface area contributed by atoms with Crippen molar-refractivity contribution in [2.45, 2.75) is 25.9 Å². The minimum absolute atomic E-state index is 0.0144. The van der Waals surface area contributed by atoms with Gasteiger partial charge < -0.3 is 10.3 Å². The van der Waals surface area contributed by atoms with Crippen molar-refractivity contribution in [3.8, 4) is 0 Å². The summed E-state index contributed by atoms with van der Waals surface area (Å²) in [5, 5.41) is 0. The van der Waals surface area contributed by atoms with Gasteiger partial charge in [0.05, 0.1) is 6.20 Å². The maximum atomic E-state index is 11.2. The molecule has 0 saturated carbocycles. The average molecular weight is 167 g/mol. The Morgan fingerprint density at radius 2 is 2.25 bits per heavy atom. The summed E-state index contributed by atoms with van der Waals surface area (Å²) < 4.78 is 1.58. The quantitative estimate of drug-likeness (QED) is 0.682. The fourth-order valence-corrected chi connectivity index (χ4v) is 0.947. The normalized spacial score (nSPS) is 15.6. The molecule has 0 amide bonds. The van der Waals surface area contributed by atoms with Gasteiger partial charge in [0, 0.05) is 24.5 Å². The third-order valence-corrected chi connectivity index (χ3v) is 1.95. The number of hydrogen-bond acceptors (Lipinski definition) is 3. The molecule has 1 heterocycles. The zero-order chi connectivity index (χ0) is 9.14. The molecule has 2 atom stereocenters. The molecule has 0 saturated heterocycles. The summed E-state index contributed by atoms with van der Waals surface area (Å²) in [4.78, 5) is 14.9. The van der Waals surface area contributed by atoms with Gasteiger partial charge in [0.2, 0.25) is 0 Å². The molecule has 1 aromatic heterocycles. The van der Waals surface area contributed by atoms with E-state index in [0.717, 1.165) is 0 Å². The van der Waals surface area contributed by atoms with E-state index < -0.39 is 0 Å². The van der Waals surface area contributed by atoms with Gasteiger partial charge in [-0.25, -0.2) is 0 Å². The number of nitrogens with zero attached hydrogens (tertiary/aromatic N) is 2. The van der Waals surface area contributed by atoms with Crippen LogP contribution in [0.4, 0.5) is 0 Å². The Morgan fingerprint density at radius 3 is 2.75 bits per heavy atom. The maximum absolute atomic E-state index is 11.2. The molecule has 1 rings (SSSR count). The number of hydrogen-bond donors (Lipinski definition) is 1. The topological polar surface area (TPSA) is 60.9 Å². The van der Waals surface area contributed by atoms with E-state index in [2.05, 4.69) is 4.98 Å². The molecule has 0 aromatic carbocycles. The molecule has 0 bridgehead atoms. The van der Waals surface area contributed by atoms with Gasteiger partial charge in [0.1, 0.15) is 0 Å². The molecule has 0 aliphatic rings. The van der Waals surface area contributed by atoms with E-state index in [0.29, 0.717) is 0 Å². The lowest BCUT2D eigenvalue weighted by atomic mass is 10.2. The lowest BCUT2D eigenvalue weighted by Crippen LogP contribution is -2.33. The minimum atomic E-state index is -0.109. The predicted octanol–water partition coefficient (Wildman–Crippen LogP) is 0.151. The molecule has 0 fully saturated rings. The van der Waals surface area contributed by atoms with Crippen LogP contribution in [0.3, 0.4) is 0 Å². The van der Waals surface area contributed by atoms with Crippen molar-refractivity contribution >= 4 is 0 Å². The van der Waals surface area contributed by atoms with Gasteiger partial charge in [0.15, 0.2) is 0 Å². The lowest BCUT2D eigenvalue weighted by Gasteiger charge is -2.17. The van der Waals surface area contributed by atoms with Gasteiger partial charge >= 0.3 is 0 Å². The number of rotatable bonds is 2. The highest BCUT2D eigenvalue weighted by atomic mass is 16.1. The molecule has 2 unspecified atom stereocenters. The van der Waals surface area contributed by atoms with Crippen LogP contribution in [-0.4, -0.2) is 15.6 Å². The van der Waals surface area contributed by atoms with Crippen molar-refractivity contribution in [1.82, 2.24) is 9.55 Å². The smallest absolute Gasteiger partial charge is 0.269 e. The molecule has 2 N–H and O–H groups in total. The Hall–Kier alpha value is -1.16. The lowest BCUT2D eigenvalue weighted by molar-refractivity contribution is 0.451. The van der Waals surface area contributed by atoms with Crippen LogP contribution in [0.5, 0.6) is 0 Å². The highest BCUT2D eigenvalue weighted by molar-refractivity contribution is 4.85. The number of nitrogens with two attached hydrogens (primary N) is 1. The molecule has 66 valence electrons. The molecule has 0 aliphatic heterocycles. The zero-order valence-corrected chi connectivity index (χ0v) is 7.27. The van der Waals surface area contributed by atoms with Gasteiger partial charge in [-0.05, 0) is 13.8 Å². The first-order valence-corrected chi connectivity index (χ1v) is 3.90. The van der Waals surface area contributed by atoms with Crippen molar-refractivity contribution in [2.75, 3.05) is 0 Å². The second-order valence-corrected chi connectivity index (χ2v) is 2.92. The first-order valence-electron chi connectivity index (χ1n) is 3.90. The highest BCUT2D eigenvalue weighted by Gasteiger charge is 2.09. The third-order valence-electron chi connectivity index (χ3n) is 1.95. The summed E-state index contributed by atoms with van der Waals surface area (Å²) in [5.41, 5.74) is 5.55. The van der Waals surface area contributed by atoms with Gasteiger partial charge in [-0.15, -0.1) is 0 Å². The summed E-state index contributed by atoms with van der Waals surface area (Å²) in [7, 11) is 0. The summed E-state index contributed by atoms with van der Waals surface area (Å²) in [6.45, 7) is 3.78. The second kappa shape index (κ2) is 3.49. The molecular formula is C8H13N3O. The van der Waals surface area contributed by atoms with Crippen LogP contribution in [0.2, 0.25) is 0 Å². The molecule has 4 heteroatoms. The van der Waals surface area contributed by atoms with Crippen LogP contribution >= 0.6 is 0 Å². The Morgan fingerprint density at radius 1 is 1.58 bits per heavy atom. The van der Waals surface area contributed by atoms with Crippen molar-refractivity contribution in [3.05, 3.63) is 28.9 Å². The average Bonchev–Trinajstić information content (AvgIpc) is 2.04. The van der Waals surface area contributed by atoms with E-state index in [1.165, 1.54) is 6.20 Å². The van der Waals surface area contributed by atoms with Crippen molar-refractivity contribution in [3.63, 3.8) is 0 Å². The number of aromatic nitrogens is 2. The van der Waals surface area contributed by atoms with Crippen LogP contribution in [-0.2, 0) is 0 Å². The summed E-state index contributed by atoms with van der Waals surface area (Å²) in [5.74, 6) is 0. The Labute approximate surface area is 71.0 Å². The van der Waals surface area contributed by atoms with Crippen LogP contribution in [0.1, 0.15) is 19.9 Å². The minimum Gasteiger partial charge on any atom is -0.326 e. The first kappa shape index (κ1) is 8.93. The monoisotopic (exact) mass is 167 g/mol. The SMILES string of the molecule is CC(N)C(C)n1ccncc1=O. The fourth-order valence-electron chi connectivity index (χ4n) is 0.947. The van der Waals surface area contributed by atoms with Gasteiger partial charge in [-0.2, -0.15) is 0 Å². The summed E-state index contributed by atoms with van der Waals surface area (Å²) in [6, 6.07) is -0.0226. The predicted molar refractivity (Wildman–Crippen MR) is 46.9 cm³/mol. The highest BCUT2D eigenvalue weighted by Crippen LogP contribution is 2.03. The molecule has 0 radical (unpaired) electrons. The standard InChI is InChI=1S/C8H13N3O/c1-6(9)7(2)11-4-3-10-5-8(11)12/h3-7H,9H2,1-2H3. The zero-order valence-electron chi connectivity index (χ0n) is 7.27. The van der Waals surface area contributed by atoms with E-state index in [9.17, 15) is 4.79 Å². The molecule has 0 aliphatic carbocycles. The molecule has 12 heavy (non-hydrogen) atoms. The second-order valence-electron chi connectivity index (χ2n) is 2.92. The third kappa shape index (κ3) is 1.71. The van der Waals surface area contributed by atoms with E-state index in [-0.39, 0.29) is 17.6 Å². The molecule has 4 nitrogen and oxygen atoms in total. The summed E-state index contributed by atoms with van der Waals surface area (Å²) in [6.07, 6.45) is 4.52. The van der Waals surface area contributed by atoms with E-state index in [1.807, 2.05) is 13.8 Å². The van der Waals surface area contributed by atoms with Gasteiger partial charge in [0.25, 0.3) is 5.56 Å². The van der Waals surface area contributed by atoms with E-state index in [4.69, 9.17) is 5.73 Å². The molecular weight excluding hydrogens is 154 g/mol. The van der Waals surface area contributed by atoms with Crippen LogP contribution < -0.4 is 11.3 Å². The van der Waals surface area contributed by atoms with E-state index >= 15 is 0 Å². The summed E-state index contributed by atoms with van der Waals surface area (Å²) >= 11 is 0. The maximum Gasteiger partial charge on any atom is 0.269 e.